The maximum Gasteiger partial charge on any atom is 0.197 e. The Bertz CT molecular complexity index is 1170. The second-order valence-corrected chi connectivity index (χ2v) is 8.73. The molecule has 8 heteroatoms. The van der Waals surface area contributed by atoms with Gasteiger partial charge in [-0.15, -0.1) is 10.2 Å². The van der Waals surface area contributed by atoms with E-state index in [2.05, 4.69) is 10.2 Å². The third kappa shape index (κ3) is 3.21. The molecule has 4 atom stereocenters. The average Bonchev–Trinajstić information content (AvgIpc) is 3.14. The van der Waals surface area contributed by atoms with Crippen LogP contribution in [0.25, 0.3) is 22.2 Å². The zero-order valence-electron chi connectivity index (χ0n) is 16.4. The van der Waals surface area contributed by atoms with Gasteiger partial charge in [-0.1, -0.05) is 0 Å². The summed E-state index contributed by atoms with van der Waals surface area (Å²) in [5.41, 5.74) is 0.693. The van der Waals surface area contributed by atoms with Gasteiger partial charge in [0.15, 0.2) is 16.5 Å². The summed E-state index contributed by atoms with van der Waals surface area (Å²) in [6.45, 7) is 0. The summed E-state index contributed by atoms with van der Waals surface area (Å²) in [6, 6.07) is 7.29. The number of fused-ring (bicyclic) bond motifs is 3. The van der Waals surface area contributed by atoms with Crippen LogP contribution < -0.4 is 10.3 Å². The first-order valence-electron chi connectivity index (χ1n) is 10.1. The van der Waals surface area contributed by atoms with Gasteiger partial charge in [-0.2, -0.15) is 0 Å². The summed E-state index contributed by atoms with van der Waals surface area (Å²) in [5.74, 6) is 1.22. The molecule has 2 aliphatic carbocycles. The van der Waals surface area contributed by atoms with Gasteiger partial charge in [-0.3, -0.25) is 4.79 Å². The molecule has 1 aromatic carbocycles. The third-order valence-corrected chi connectivity index (χ3v) is 6.76. The van der Waals surface area contributed by atoms with Crippen LogP contribution >= 0.6 is 11.6 Å². The lowest BCUT2D eigenvalue weighted by molar-refractivity contribution is 0.144. The number of benzene rings is 1. The van der Waals surface area contributed by atoms with Gasteiger partial charge in [-0.05, 0) is 73.4 Å². The number of phenols is 1. The van der Waals surface area contributed by atoms with E-state index in [1.165, 1.54) is 12.1 Å². The standard InChI is InChI=1S/C22H21ClFN3O3/c1-27(16-7-11-2-3-12(6-11)22(16)24)21-5-4-15(25-26-21)13-9-19-14(8-17(13)28)18(29)10-20(23)30-19/h4-5,8-12,16,22,28H,2-3,6-7H2,1H3/t11-,12+,16+,22-/m1/s1. The Balaban J connectivity index is 1.45. The highest BCUT2D eigenvalue weighted by Crippen LogP contribution is 2.45. The SMILES string of the molecule is CN(c1ccc(-c2cc3oc(Cl)cc(=O)c3cc2O)nn1)[C@H]1C[C@@H]2CC[C@@H](C2)[C@H]1F. The average molecular weight is 430 g/mol. The topological polar surface area (TPSA) is 79.5 Å². The first-order valence-corrected chi connectivity index (χ1v) is 10.5. The summed E-state index contributed by atoms with van der Waals surface area (Å²) < 4.78 is 20.3. The van der Waals surface area contributed by atoms with Crippen LogP contribution in [0.1, 0.15) is 25.7 Å². The smallest absolute Gasteiger partial charge is 0.197 e. The van der Waals surface area contributed by atoms with Crippen molar-refractivity contribution in [2.24, 2.45) is 11.8 Å². The van der Waals surface area contributed by atoms with Crippen molar-refractivity contribution in [1.82, 2.24) is 10.2 Å². The first kappa shape index (κ1) is 19.3. The second kappa shape index (κ2) is 7.23. The van der Waals surface area contributed by atoms with Gasteiger partial charge in [-0.25, -0.2) is 4.39 Å². The lowest BCUT2D eigenvalue weighted by Crippen LogP contribution is -2.46. The Morgan fingerprint density at radius 1 is 1.20 bits per heavy atom. The van der Waals surface area contributed by atoms with Crippen molar-refractivity contribution in [2.75, 3.05) is 11.9 Å². The Morgan fingerprint density at radius 3 is 2.80 bits per heavy atom. The van der Waals surface area contributed by atoms with E-state index in [-0.39, 0.29) is 39.3 Å². The van der Waals surface area contributed by atoms with Crippen molar-refractivity contribution >= 4 is 28.4 Å². The van der Waals surface area contributed by atoms with E-state index in [1.54, 1.807) is 12.1 Å². The van der Waals surface area contributed by atoms with Crippen LogP contribution in [-0.4, -0.2) is 34.6 Å². The minimum Gasteiger partial charge on any atom is -0.507 e. The lowest BCUT2D eigenvalue weighted by Gasteiger charge is -2.38. The zero-order chi connectivity index (χ0) is 21.0. The lowest BCUT2D eigenvalue weighted by atomic mass is 9.83. The number of aromatic nitrogens is 2. The predicted octanol–water partition coefficient (Wildman–Crippen LogP) is 4.57. The van der Waals surface area contributed by atoms with Gasteiger partial charge in [0.1, 0.15) is 17.5 Å². The van der Waals surface area contributed by atoms with Gasteiger partial charge in [0.25, 0.3) is 0 Å². The minimum atomic E-state index is -0.854. The summed E-state index contributed by atoms with van der Waals surface area (Å²) in [4.78, 5) is 13.9. The maximum atomic E-state index is 14.9. The molecule has 2 saturated carbocycles. The van der Waals surface area contributed by atoms with E-state index in [0.717, 1.165) is 31.7 Å². The summed E-state index contributed by atoms with van der Waals surface area (Å²) in [6.07, 6.45) is 3.07. The molecule has 2 bridgehead atoms. The largest absolute Gasteiger partial charge is 0.507 e. The van der Waals surface area contributed by atoms with E-state index >= 15 is 0 Å². The highest BCUT2D eigenvalue weighted by Gasteiger charge is 2.44. The van der Waals surface area contributed by atoms with Crippen molar-refractivity contribution in [2.45, 2.75) is 37.9 Å². The van der Waals surface area contributed by atoms with Crippen LogP contribution in [0.15, 0.2) is 39.5 Å². The van der Waals surface area contributed by atoms with Gasteiger partial charge in [0, 0.05) is 18.7 Å². The summed E-state index contributed by atoms with van der Waals surface area (Å²) >= 11 is 5.83. The number of phenolic OH excluding ortho intramolecular Hbond substituents is 1. The van der Waals surface area contributed by atoms with Crippen LogP contribution in [-0.2, 0) is 0 Å². The van der Waals surface area contributed by atoms with Crippen LogP contribution in [0.5, 0.6) is 5.75 Å². The van der Waals surface area contributed by atoms with Crippen LogP contribution in [0, 0.1) is 11.8 Å². The third-order valence-electron chi connectivity index (χ3n) is 6.58. The molecule has 0 unspecified atom stereocenters. The quantitative estimate of drug-likeness (QED) is 0.656. The molecule has 3 aromatic rings. The highest BCUT2D eigenvalue weighted by atomic mass is 35.5. The molecule has 2 fully saturated rings. The van der Waals surface area contributed by atoms with Crippen LogP contribution in [0.4, 0.5) is 10.2 Å². The molecule has 0 aliphatic heterocycles. The molecule has 6 nitrogen and oxygen atoms in total. The molecule has 2 heterocycles. The number of hydrogen-bond donors (Lipinski definition) is 1. The van der Waals surface area contributed by atoms with Crippen molar-refractivity contribution in [3.05, 3.63) is 45.8 Å². The fourth-order valence-electron chi connectivity index (χ4n) is 4.97. The maximum absolute atomic E-state index is 14.9. The van der Waals surface area contributed by atoms with E-state index in [4.69, 9.17) is 16.0 Å². The monoisotopic (exact) mass is 429 g/mol. The van der Waals surface area contributed by atoms with Crippen molar-refractivity contribution < 1.29 is 13.9 Å². The van der Waals surface area contributed by atoms with Crippen LogP contribution in [0.2, 0.25) is 5.22 Å². The number of rotatable bonds is 3. The number of nitrogens with zero attached hydrogens (tertiary/aromatic N) is 3. The minimum absolute atomic E-state index is 0.0329. The number of hydrogen-bond acceptors (Lipinski definition) is 6. The number of aromatic hydroxyl groups is 1. The molecule has 30 heavy (non-hydrogen) atoms. The molecule has 156 valence electrons. The fourth-order valence-corrected chi connectivity index (χ4v) is 5.15. The molecule has 2 aromatic heterocycles. The van der Waals surface area contributed by atoms with Gasteiger partial charge in [0.05, 0.1) is 17.1 Å². The molecule has 0 spiro atoms. The molecule has 0 amide bonds. The summed E-state index contributed by atoms with van der Waals surface area (Å²) in [7, 11) is 1.86. The molecule has 2 aliphatic rings. The normalized spacial score (nSPS) is 25.6. The number of anilines is 1. The molecule has 5 rings (SSSR count). The van der Waals surface area contributed by atoms with Crippen molar-refractivity contribution in [1.29, 1.82) is 0 Å². The molecule has 1 N–H and O–H groups in total. The van der Waals surface area contributed by atoms with Gasteiger partial charge >= 0.3 is 0 Å². The Labute approximate surface area is 177 Å². The highest BCUT2D eigenvalue weighted by molar-refractivity contribution is 6.29. The van der Waals surface area contributed by atoms with E-state index in [1.807, 2.05) is 11.9 Å². The molecular formula is C22H21ClFN3O3. The van der Waals surface area contributed by atoms with E-state index < -0.39 is 6.17 Å². The van der Waals surface area contributed by atoms with E-state index in [0.29, 0.717) is 23.0 Å². The summed E-state index contributed by atoms with van der Waals surface area (Å²) in [5, 5.41) is 19.1. The molecule has 0 saturated heterocycles. The van der Waals surface area contributed by atoms with Crippen molar-refractivity contribution in [3.8, 4) is 17.0 Å². The predicted molar refractivity (Wildman–Crippen MR) is 113 cm³/mol. The first-order chi connectivity index (χ1) is 14.4. The number of halogens is 2. The van der Waals surface area contributed by atoms with Gasteiger partial charge < -0.3 is 14.4 Å². The molecule has 0 radical (unpaired) electrons. The van der Waals surface area contributed by atoms with Crippen LogP contribution in [0.3, 0.4) is 0 Å². The fraction of sp³-hybridized carbons (Fsp3) is 0.409. The Morgan fingerprint density at radius 2 is 2.03 bits per heavy atom. The number of alkyl halides is 1. The molecular weight excluding hydrogens is 409 g/mol. The van der Waals surface area contributed by atoms with Crippen molar-refractivity contribution in [3.63, 3.8) is 0 Å². The Hall–Kier alpha value is -2.67. The Kier molecular flexibility index (Phi) is 4.65. The zero-order valence-corrected chi connectivity index (χ0v) is 17.1. The van der Waals surface area contributed by atoms with Gasteiger partial charge in [0.2, 0.25) is 0 Å². The second-order valence-electron chi connectivity index (χ2n) is 8.35. The van der Waals surface area contributed by atoms with E-state index in [9.17, 15) is 14.3 Å².